The first kappa shape index (κ1) is 16.7. The van der Waals surface area contributed by atoms with Crippen LogP contribution in [0.3, 0.4) is 0 Å². The molecule has 1 heterocycles. The lowest BCUT2D eigenvalue weighted by atomic mass is 9.87. The topological polar surface area (TPSA) is 84.3 Å². The Morgan fingerprint density at radius 2 is 2.00 bits per heavy atom. The minimum absolute atomic E-state index is 0.00398. The SMILES string of the molecule is O=C(NC1CCCc2ccccc21)[C@@H]1Cc2ccc([N+](=O)[O-])cc2CN1. The number of nitrogens with zero attached hydrogens (tertiary/aromatic N) is 1. The number of hydrogen-bond acceptors (Lipinski definition) is 4. The molecule has 1 unspecified atom stereocenters. The van der Waals surface area contributed by atoms with Crippen LogP contribution in [0, 0.1) is 10.1 Å². The van der Waals surface area contributed by atoms with Crippen molar-refractivity contribution >= 4 is 11.6 Å². The van der Waals surface area contributed by atoms with Crippen LogP contribution in [0.25, 0.3) is 0 Å². The fourth-order valence-corrected chi connectivity index (χ4v) is 3.98. The smallest absolute Gasteiger partial charge is 0.269 e. The number of benzene rings is 2. The molecule has 0 saturated heterocycles. The molecule has 1 aliphatic carbocycles. The summed E-state index contributed by atoms with van der Waals surface area (Å²) in [6.45, 7) is 0.469. The van der Waals surface area contributed by atoms with Gasteiger partial charge in [-0.15, -0.1) is 0 Å². The van der Waals surface area contributed by atoms with E-state index in [2.05, 4.69) is 22.8 Å². The molecule has 2 aliphatic rings. The summed E-state index contributed by atoms with van der Waals surface area (Å²) < 4.78 is 0. The number of carbonyl (C=O) groups is 1. The first-order valence-corrected chi connectivity index (χ1v) is 8.99. The largest absolute Gasteiger partial charge is 0.348 e. The van der Waals surface area contributed by atoms with Gasteiger partial charge in [-0.2, -0.15) is 0 Å². The Bertz CT molecular complexity index is 865. The van der Waals surface area contributed by atoms with Crippen LogP contribution in [0.15, 0.2) is 42.5 Å². The molecule has 1 aliphatic heterocycles. The van der Waals surface area contributed by atoms with Gasteiger partial charge >= 0.3 is 0 Å². The van der Waals surface area contributed by atoms with Crippen LogP contribution in [0.2, 0.25) is 0 Å². The highest BCUT2D eigenvalue weighted by atomic mass is 16.6. The van der Waals surface area contributed by atoms with E-state index in [1.54, 1.807) is 12.1 Å². The number of amides is 1. The van der Waals surface area contributed by atoms with Gasteiger partial charge in [-0.05, 0) is 47.9 Å². The molecule has 0 fully saturated rings. The molecule has 134 valence electrons. The average molecular weight is 351 g/mol. The van der Waals surface area contributed by atoms with Gasteiger partial charge in [-0.1, -0.05) is 30.3 Å². The molecule has 0 radical (unpaired) electrons. The van der Waals surface area contributed by atoms with Crippen molar-refractivity contribution in [3.05, 3.63) is 74.8 Å². The maximum absolute atomic E-state index is 12.8. The number of hydrogen-bond donors (Lipinski definition) is 2. The van der Waals surface area contributed by atoms with Gasteiger partial charge in [0.25, 0.3) is 5.69 Å². The van der Waals surface area contributed by atoms with E-state index < -0.39 is 0 Å². The van der Waals surface area contributed by atoms with Crippen LogP contribution in [-0.2, 0) is 24.2 Å². The summed E-state index contributed by atoms with van der Waals surface area (Å²) in [5.41, 5.74) is 4.52. The van der Waals surface area contributed by atoms with Gasteiger partial charge in [0.05, 0.1) is 17.0 Å². The van der Waals surface area contributed by atoms with Crippen molar-refractivity contribution in [2.45, 2.75) is 44.3 Å². The third kappa shape index (κ3) is 3.20. The predicted octanol–water partition coefficient (Wildman–Crippen LogP) is 2.80. The molecule has 0 saturated carbocycles. The molecule has 0 bridgehead atoms. The molecular weight excluding hydrogens is 330 g/mol. The van der Waals surface area contributed by atoms with Crippen molar-refractivity contribution in [3.8, 4) is 0 Å². The van der Waals surface area contributed by atoms with Crippen LogP contribution in [0.1, 0.15) is 41.1 Å². The first-order valence-electron chi connectivity index (χ1n) is 8.99. The maximum Gasteiger partial charge on any atom is 0.269 e. The van der Waals surface area contributed by atoms with E-state index >= 15 is 0 Å². The summed E-state index contributed by atoms with van der Waals surface area (Å²) in [6, 6.07) is 12.9. The summed E-state index contributed by atoms with van der Waals surface area (Å²) in [5, 5.41) is 17.3. The number of fused-ring (bicyclic) bond motifs is 2. The molecule has 6 nitrogen and oxygen atoms in total. The monoisotopic (exact) mass is 351 g/mol. The number of nitro benzene ring substituents is 1. The molecule has 4 rings (SSSR count). The quantitative estimate of drug-likeness (QED) is 0.658. The third-order valence-electron chi connectivity index (χ3n) is 5.37. The third-order valence-corrected chi connectivity index (χ3v) is 5.37. The first-order chi connectivity index (χ1) is 12.6. The zero-order chi connectivity index (χ0) is 18.1. The Balaban J connectivity index is 1.46. The van der Waals surface area contributed by atoms with E-state index in [1.807, 2.05) is 12.1 Å². The van der Waals surface area contributed by atoms with Gasteiger partial charge in [0.15, 0.2) is 0 Å². The van der Waals surface area contributed by atoms with E-state index in [4.69, 9.17) is 0 Å². The zero-order valence-electron chi connectivity index (χ0n) is 14.4. The zero-order valence-corrected chi connectivity index (χ0v) is 14.4. The summed E-state index contributed by atoms with van der Waals surface area (Å²) in [6.07, 6.45) is 3.65. The van der Waals surface area contributed by atoms with Crippen molar-refractivity contribution in [2.75, 3.05) is 0 Å². The fourth-order valence-electron chi connectivity index (χ4n) is 3.98. The van der Waals surface area contributed by atoms with Gasteiger partial charge in [-0.25, -0.2) is 0 Å². The molecule has 2 atom stereocenters. The lowest BCUT2D eigenvalue weighted by Gasteiger charge is -2.30. The van der Waals surface area contributed by atoms with Crippen molar-refractivity contribution < 1.29 is 9.72 Å². The Morgan fingerprint density at radius 1 is 1.15 bits per heavy atom. The highest BCUT2D eigenvalue weighted by Gasteiger charge is 2.28. The number of aryl methyl sites for hydroxylation is 1. The lowest BCUT2D eigenvalue weighted by molar-refractivity contribution is -0.384. The van der Waals surface area contributed by atoms with Crippen molar-refractivity contribution in [1.82, 2.24) is 10.6 Å². The van der Waals surface area contributed by atoms with Crippen molar-refractivity contribution in [3.63, 3.8) is 0 Å². The Kier molecular flexibility index (Phi) is 4.42. The Morgan fingerprint density at radius 3 is 2.85 bits per heavy atom. The Hall–Kier alpha value is -2.73. The number of nitrogens with one attached hydrogen (secondary N) is 2. The predicted molar refractivity (Wildman–Crippen MR) is 97.7 cm³/mol. The van der Waals surface area contributed by atoms with E-state index in [0.717, 1.165) is 30.4 Å². The minimum Gasteiger partial charge on any atom is -0.348 e. The molecule has 0 spiro atoms. The standard InChI is InChI=1S/C20H21N3O3/c24-20(22-18-7-3-5-13-4-1-2-6-17(13)18)19-11-14-8-9-16(23(25)26)10-15(14)12-21-19/h1-2,4,6,8-10,18-19,21H,3,5,7,11-12H2,(H,22,24)/t18?,19-/m0/s1. The van der Waals surface area contributed by atoms with Gasteiger partial charge in [0.1, 0.15) is 0 Å². The number of non-ortho nitro benzene ring substituents is 1. The van der Waals surface area contributed by atoms with Crippen LogP contribution < -0.4 is 10.6 Å². The van der Waals surface area contributed by atoms with E-state index in [-0.39, 0.29) is 28.6 Å². The summed E-state index contributed by atoms with van der Waals surface area (Å²) in [5.74, 6) is -0.00398. The van der Waals surface area contributed by atoms with Gasteiger partial charge in [0.2, 0.25) is 5.91 Å². The minimum atomic E-state index is -0.389. The summed E-state index contributed by atoms with van der Waals surface area (Å²) in [7, 11) is 0. The number of nitro groups is 1. The average Bonchev–Trinajstić information content (AvgIpc) is 2.67. The molecule has 2 aromatic carbocycles. The Labute approximate surface area is 151 Å². The van der Waals surface area contributed by atoms with Crippen LogP contribution >= 0.6 is 0 Å². The van der Waals surface area contributed by atoms with Gasteiger partial charge in [-0.3, -0.25) is 14.9 Å². The molecule has 2 aromatic rings. The summed E-state index contributed by atoms with van der Waals surface area (Å²) in [4.78, 5) is 23.3. The second kappa shape index (κ2) is 6.88. The van der Waals surface area contributed by atoms with Gasteiger partial charge < -0.3 is 10.6 Å². The summed E-state index contributed by atoms with van der Waals surface area (Å²) >= 11 is 0. The van der Waals surface area contributed by atoms with Crippen LogP contribution in [0.4, 0.5) is 5.69 Å². The molecule has 2 N–H and O–H groups in total. The molecule has 1 amide bonds. The maximum atomic E-state index is 12.8. The van der Waals surface area contributed by atoms with Crippen LogP contribution in [-0.4, -0.2) is 16.9 Å². The van der Waals surface area contributed by atoms with Crippen molar-refractivity contribution in [2.24, 2.45) is 0 Å². The highest BCUT2D eigenvalue weighted by Crippen LogP contribution is 2.30. The number of rotatable bonds is 3. The fraction of sp³-hybridized carbons (Fsp3) is 0.350. The second-order valence-electron chi connectivity index (χ2n) is 7.00. The number of carbonyl (C=O) groups excluding carboxylic acids is 1. The molecule has 0 aromatic heterocycles. The lowest BCUT2D eigenvalue weighted by Crippen LogP contribution is -2.48. The van der Waals surface area contributed by atoms with E-state index in [1.165, 1.54) is 17.2 Å². The normalized spacial score (nSPS) is 21.4. The van der Waals surface area contributed by atoms with Crippen molar-refractivity contribution in [1.29, 1.82) is 0 Å². The second-order valence-corrected chi connectivity index (χ2v) is 7.00. The van der Waals surface area contributed by atoms with E-state index in [0.29, 0.717) is 13.0 Å². The van der Waals surface area contributed by atoms with Crippen LogP contribution in [0.5, 0.6) is 0 Å². The molecular formula is C20H21N3O3. The van der Waals surface area contributed by atoms with E-state index in [9.17, 15) is 14.9 Å². The van der Waals surface area contributed by atoms with Gasteiger partial charge in [0, 0.05) is 18.7 Å². The highest BCUT2D eigenvalue weighted by molar-refractivity contribution is 5.83. The molecule has 26 heavy (non-hydrogen) atoms. The molecule has 6 heteroatoms.